The van der Waals surface area contributed by atoms with Crippen LogP contribution in [0.2, 0.25) is 0 Å². The number of hydrogen-bond acceptors (Lipinski definition) is 2. The fourth-order valence-electron chi connectivity index (χ4n) is 1.70. The van der Waals surface area contributed by atoms with Crippen molar-refractivity contribution in [1.29, 1.82) is 5.26 Å². The number of nitrogens with one attached hydrogen (secondary N) is 1. The Labute approximate surface area is 128 Å². The summed E-state index contributed by atoms with van der Waals surface area (Å²) in [7, 11) is 0. The molecule has 0 aliphatic heterocycles. The first-order chi connectivity index (χ1) is 10.0. The molecule has 0 unspecified atom stereocenters. The molecule has 106 valence electrons. The Kier molecular flexibility index (Phi) is 4.66. The van der Waals surface area contributed by atoms with Gasteiger partial charge in [0.25, 0.3) is 5.91 Å². The van der Waals surface area contributed by atoms with E-state index in [1.54, 1.807) is 0 Å². The minimum atomic E-state index is -0.656. The highest BCUT2D eigenvalue weighted by atomic mass is 79.9. The summed E-state index contributed by atoms with van der Waals surface area (Å²) in [5, 5.41) is 11.1. The maximum absolute atomic E-state index is 13.6. The lowest BCUT2D eigenvalue weighted by molar-refractivity contribution is 0.0946. The maximum Gasteiger partial charge on any atom is 0.254 e. The molecule has 0 aromatic heterocycles. The molecule has 1 amide bonds. The Morgan fingerprint density at radius 2 is 1.95 bits per heavy atom. The highest BCUT2D eigenvalue weighted by Crippen LogP contribution is 2.16. The maximum atomic E-state index is 13.6. The number of hydrogen-bond donors (Lipinski definition) is 1. The van der Waals surface area contributed by atoms with E-state index < -0.39 is 17.5 Å². The summed E-state index contributed by atoms with van der Waals surface area (Å²) in [6.07, 6.45) is 0. The fraction of sp³-hybridized carbons (Fsp3) is 0.0667. The van der Waals surface area contributed by atoms with E-state index >= 15 is 0 Å². The van der Waals surface area contributed by atoms with Gasteiger partial charge >= 0.3 is 0 Å². The number of carbonyl (C=O) groups excluding carboxylic acids is 1. The van der Waals surface area contributed by atoms with Crippen molar-refractivity contribution in [2.24, 2.45) is 0 Å². The first-order valence-electron chi connectivity index (χ1n) is 5.93. The first-order valence-corrected chi connectivity index (χ1v) is 6.72. The van der Waals surface area contributed by atoms with Gasteiger partial charge in [0.1, 0.15) is 11.6 Å². The van der Waals surface area contributed by atoms with Crippen molar-refractivity contribution in [3.05, 3.63) is 69.2 Å². The lowest BCUT2D eigenvalue weighted by atomic mass is 10.1. The molecule has 0 saturated carbocycles. The summed E-state index contributed by atoms with van der Waals surface area (Å²) in [4.78, 5) is 11.9. The molecule has 0 aliphatic rings. The smallest absolute Gasteiger partial charge is 0.254 e. The number of halogens is 3. The molecule has 2 aromatic carbocycles. The van der Waals surface area contributed by atoms with Crippen LogP contribution in [0.25, 0.3) is 0 Å². The van der Waals surface area contributed by atoms with Crippen LogP contribution in [-0.2, 0) is 6.54 Å². The van der Waals surface area contributed by atoms with Crippen LogP contribution < -0.4 is 5.32 Å². The van der Waals surface area contributed by atoms with Crippen LogP contribution in [-0.4, -0.2) is 5.91 Å². The van der Waals surface area contributed by atoms with E-state index in [1.165, 1.54) is 30.3 Å². The van der Waals surface area contributed by atoms with Gasteiger partial charge in [-0.25, -0.2) is 8.78 Å². The molecule has 0 bridgehead atoms. The third kappa shape index (κ3) is 3.64. The van der Waals surface area contributed by atoms with Gasteiger partial charge in [0.15, 0.2) is 0 Å². The van der Waals surface area contributed by atoms with Crippen molar-refractivity contribution >= 4 is 21.8 Å². The topological polar surface area (TPSA) is 52.9 Å². The van der Waals surface area contributed by atoms with E-state index in [-0.39, 0.29) is 23.2 Å². The van der Waals surface area contributed by atoms with Gasteiger partial charge in [-0.15, -0.1) is 0 Å². The molecule has 0 aliphatic carbocycles. The van der Waals surface area contributed by atoms with Gasteiger partial charge in [-0.1, -0.05) is 22.0 Å². The largest absolute Gasteiger partial charge is 0.348 e. The summed E-state index contributed by atoms with van der Waals surface area (Å²) in [5.74, 6) is -1.89. The lowest BCUT2D eigenvalue weighted by Gasteiger charge is -2.08. The SMILES string of the molecule is N#Cc1ccc(CNC(=O)c2cc(Br)ccc2F)c(F)c1. The van der Waals surface area contributed by atoms with Crippen molar-refractivity contribution in [2.45, 2.75) is 6.54 Å². The van der Waals surface area contributed by atoms with Gasteiger partial charge < -0.3 is 5.32 Å². The number of amides is 1. The standard InChI is InChI=1S/C15H9BrF2N2O/c16-11-3-4-13(17)12(6-11)15(21)20-8-10-2-1-9(7-19)5-14(10)18/h1-6H,8H2,(H,20,21). The normalized spacial score (nSPS) is 10.0. The fourth-order valence-corrected chi connectivity index (χ4v) is 2.06. The quantitative estimate of drug-likeness (QED) is 0.920. The average molecular weight is 351 g/mol. The average Bonchev–Trinajstić information content (AvgIpc) is 2.48. The summed E-state index contributed by atoms with van der Waals surface area (Å²) < 4.78 is 27.7. The Bertz CT molecular complexity index is 741. The predicted molar refractivity (Wildman–Crippen MR) is 76.4 cm³/mol. The number of carbonyl (C=O) groups is 1. The minimum absolute atomic E-state index is 0.0949. The molecule has 0 heterocycles. The zero-order chi connectivity index (χ0) is 15.4. The summed E-state index contributed by atoms with van der Waals surface area (Å²) in [6, 6.07) is 9.75. The Hall–Kier alpha value is -2.26. The second-order valence-electron chi connectivity index (χ2n) is 4.22. The number of rotatable bonds is 3. The third-order valence-corrected chi connectivity index (χ3v) is 3.29. The Morgan fingerprint density at radius 3 is 2.62 bits per heavy atom. The van der Waals surface area contributed by atoms with Gasteiger partial charge in [0.2, 0.25) is 0 Å². The molecule has 2 rings (SSSR count). The number of nitrogens with zero attached hydrogens (tertiary/aromatic N) is 1. The van der Waals surface area contributed by atoms with Gasteiger partial charge in [-0.05, 0) is 30.3 Å². The minimum Gasteiger partial charge on any atom is -0.348 e. The van der Waals surface area contributed by atoms with Crippen molar-refractivity contribution < 1.29 is 13.6 Å². The molecular weight excluding hydrogens is 342 g/mol. The van der Waals surface area contributed by atoms with Crippen molar-refractivity contribution in [3.8, 4) is 6.07 Å². The molecular formula is C15H9BrF2N2O. The van der Waals surface area contributed by atoms with E-state index in [0.717, 1.165) is 6.07 Å². The Morgan fingerprint density at radius 1 is 1.19 bits per heavy atom. The van der Waals surface area contributed by atoms with Gasteiger partial charge in [0, 0.05) is 16.6 Å². The molecule has 1 N–H and O–H groups in total. The van der Waals surface area contributed by atoms with Crippen molar-refractivity contribution in [3.63, 3.8) is 0 Å². The zero-order valence-electron chi connectivity index (χ0n) is 10.7. The molecule has 21 heavy (non-hydrogen) atoms. The van der Waals surface area contributed by atoms with Gasteiger partial charge in [0.05, 0.1) is 17.2 Å². The van der Waals surface area contributed by atoms with Crippen LogP contribution >= 0.6 is 15.9 Å². The monoisotopic (exact) mass is 350 g/mol. The predicted octanol–water partition coefficient (Wildman–Crippen LogP) is 3.53. The summed E-state index contributed by atoms with van der Waals surface area (Å²) in [5.41, 5.74) is 0.289. The van der Waals surface area contributed by atoms with Crippen LogP contribution in [0, 0.1) is 23.0 Å². The van der Waals surface area contributed by atoms with E-state index in [1.807, 2.05) is 6.07 Å². The molecule has 2 aromatic rings. The summed E-state index contributed by atoms with van der Waals surface area (Å²) >= 11 is 3.15. The highest BCUT2D eigenvalue weighted by Gasteiger charge is 2.13. The molecule has 3 nitrogen and oxygen atoms in total. The van der Waals surface area contributed by atoms with Crippen LogP contribution in [0.15, 0.2) is 40.9 Å². The van der Waals surface area contributed by atoms with Gasteiger partial charge in [-0.2, -0.15) is 5.26 Å². The highest BCUT2D eigenvalue weighted by molar-refractivity contribution is 9.10. The molecule has 0 atom stereocenters. The van der Waals surface area contributed by atoms with Crippen molar-refractivity contribution in [2.75, 3.05) is 0 Å². The van der Waals surface area contributed by atoms with Crippen LogP contribution in [0.1, 0.15) is 21.5 Å². The van der Waals surface area contributed by atoms with Crippen molar-refractivity contribution in [1.82, 2.24) is 5.32 Å². The van der Waals surface area contributed by atoms with Crippen LogP contribution in [0.3, 0.4) is 0 Å². The lowest BCUT2D eigenvalue weighted by Crippen LogP contribution is -2.24. The van der Waals surface area contributed by atoms with Crippen LogP contribution in [0.5, 0.6) is 0 Å². The zero-order valence-corrected chi connectivity index (χ0v) is 12.2. The second kappa shape index (κ2) is 6.46. The van der Waals surface area contributed by atoms with E-state index in [0.29, 0.717) is 4.47 Å². The third-order valence-electron chi connectivity index (χ3n) is 2.79. The van der Waals surface area contributed by atoms with E-state index in [2.05, 4.69) is 21.2 Å². The Balaban J connectivity index is 2.11. The van der Waals surface area contributed by atoms with E-state index in [4.69, 9.17) is 5.26 Å². The van der Waals surface area contributed by atoms with E-state index in [9.17, 15) is 13.6 Å². The van der Waals surface area contributed by atoms with Crippen LogP contribution in [0.4, 0.5) is 8.78 Å². The molecule has 6 heteroatoms. The first kappa shape index (κ1) is 15.1. The molecule has 0 saturated heterocycles. The molecule has 0 spiro atoms. The number of benzene rings is 2. The molecule has 0 fully saturated rings. The number of nitriles is 1. The van der Waals surface area contributed by atoms with Gasteiger partial charge in [-0.3, -0.25) is 4.79 Å². The summed E-state index contributed by atoms with van der Waals surface area (Å²) in [6.45, 7) is -0.0949. The second-order valence-corrected chi connectivity index (χ2v) is 5.14. The molecule has 0 radical (unpaired) electrons.